The summed E-state index contributed by atoms with van der Waals surface area (Å²) in [7, 11) is 6.41. The Morgan fingerprint density at radius 2 is 1.38 bits per heavy atom. The molecule has 1 heterocycles. The van der Waals surface area contributed by atoms with Gasteiger partial charge in [0.1, 0.15) is 14.1 Å². The number of benzene rings is 2. The van der Waals surface area contributed by atoms with Crippen molar-refractivity contribution in [2.24, 2.45) is 7.05 Å². The monoisotopic (exact) mass is 345 g/mol. The van der Waals surface area contributed by atoms with Crippen LogP contribution in [0, 0.1) is 0 Å². The van der Waals surface area contributed by atoms with Gasteiger partial charge < -0.3 is 4.57 Å². The molecule has 0 saturated carbocycles. The fourth-order valence-corrected chi connectivity index (χ4v) is 3.76. The largest absolute Gasteiger partial charge is 0.349 e. The molecular formula is C24H29N2+. The van der Waals surface area contributed by atoms with Crippen LogP contribution < -0.4 is 0 Å². The average Bonchev–Trinajstić information content (AvgIpc) is 2.93. The minimum Gasteiger partial charge on any atom is -0.349 e. The molecule has 0 saturated heterocycles. The van der Waals surface area contributed by atoms with Gasteiger partial charge in [-0.15, -0.1) is 0 Å². The summed E-state index contributed by atoms with van der Waals surface area (Å²) in [6, 6.07) is 21.4. The smallest absolute Gasteiger partial charge is 0.215 e. The van der Waals surface area contributed by atoms with Gasteiger partial charge in [-0.1, -0.05) is 69.3 Å². The van der Waals surface area contributed by atoms with Crippen LogP contribution in [-0.4, -0.2) is 28.9 Å². The van der Waals surface area contributed by atoms with Crippen LogP contribution in [0.1, 0.15) is 37.5 Å². The molecule has 0 fully saturated rings. The molecule has 134 valence electrons. The lowest BCUT2D eigenvalue weighted by atomic mass is 9.81. The van der Waals surface area contributed by atoms with Crippen molar-refractivity contribution in [3.63, 3.8) is 0 Å². The Labute approximate surface area is 157 Å². The number of aromatic nitrogens is 1. The predicted molar refractivity (Wildman–Crippen MR) is 111 cm³/mol. The normalized spacial score (nSPS) is 11.5. The number of aryl methyl sites for hydroxylation is 1. The van der Waals surface area contributed by atoms with Crippen molar-refractivity contribution in [2.45, 2.75) is 26.2 Å². The summed E-state index contributed by atoms with van der Waals surface area (Å²) in [5, 5.41) is 0. The SMILES string of the molecule is Cn1cc(C(c2ccccc2)=[N+](C)C)c(C(C)(C)C)c1-c1ccccc1. The van der Waals surface area contributed by atoms with Crippen LogP contribution in [0.3, 0.4) is 0 Å². The molecule has 0 N–H and O–H groups in total. The number of hydrogen-bond acceptors (Lipinski definition) is 0. The Morgan fingerprint density at radius 3 is 1.88 bits per heavy atom. The highest BCUT2D eigenvalue weighted by atomic mass is 15.0. The highest BCUT2D eigenvalue weighted by molar-refractivity contribution is 6.11. The van der Waals surface area contributed by atoms with E-state index in [0.717, 1.165) is 0 Å². The number of hydrogen-bond donors (Lipinski definition) is 0. The van der Waals surface area contributed by atoms with E-state index in [9.17, 15) is 0 Å². The van der Waals surface area contributed by atoms with Crippen molar-refractivity contribution in [1.29, 1.82) is 0 Å². The van der Waals surface area contributed by atoms with Gasteiger partial charge in [-0.05, 0) is 28.7 Å². The maximum absolute atomic E-state index is 2.30. The molecule has 3 aromatic rings. The molecule has 0 spiro atoms. The van der Waals surface area contributed by atoms with Gasteiger partial charge in [0.15, 0.2) is 0 Å². The van der Waals surface area contributed by atoms with Crippen molar-refractivity contribution in [3.05, 3.63) is 83.6 Å². The van der Waals surface area contributed by atoms with Gasteiger partial charge in [0.25, 0.3) is 0 Å². The van der Waals surface area contributed by atoms with Gasteiger partial charge >= 0.3 is 0 Å². The van der Waals surface area contributed by atoms with E-state index in [1.165, 1.54) is 33.7 Å². The van der Waals surface area contributed by atoms with Gasteiger partial charge in [0.2, 0.25) is 5.71 Å². The maximum atomic E-state index is 2.30. The van der Waals surface area contributed by atoms with E-state index < -0.39 is 0 Å². The predicted octanol–water partition coefficient (Wildman–Crippen LogP) is 5.10. The van der Waals surface area contributed by atoms with Crippen LogP contribution in [-0.2, 0) is 12.5 Å². The quantitative estimate of drug-likeness (QED) is 0.461. The van der Waals surface area contributed by atoms with E-state index in [2.05, 4.69) is 118 Å². The molecule has 0 bridgehead atoms. The maximum Gasteiger partial charge on any atom is 0.215 e. The summed E-state index contributed by atoms with van der Waals surface area (Å²) >= 11 is 0. The van der Waals surface area contributed by atoms with E-state index in [1.54, 1.807) is 0 Å². The Balaban J connectivity index is 2.34. The molecule has 0 aliphatic carbocycles. The first-order chi connectivity index (χ1) is 12.3. The lowest BCUT2D eigenvalue weighted by Gasteiger charge is -2.23. The molecule has 0 radical (unpaired) electrons. The minimum absolute atomic E-state index is 0.0256. The summed E-state index contributed by atoms with van der Waals surface area (Å²) < 4.78 is 4.51. The molecule has 26 heavy (non-hydrogen) atoms. The first-order valence-corrected chi connectivity index (χ1v) is 9.16. The van der Waals surface area contributed by atoms with E-state index in [-0.39, 0.29) is 5.41 Å². The number of rotatable bonds is 3. The lowest BCUT2D eigenvalue weighted by molar-refractivity contribution is -0.463. The average molecular weight is 346 g/mol. The van der Waals surface area contributed by atoms with Crippen LogP contribution in [0.5, 0.6) is 0 Å². The summed E-state index contributed by atoms with van der Waals surface area (Å²) in [4.78, 5) is 0. The van der Waals surface area contributed by atoms with E-state index in [4.69, 9.17) is 0 Å². The zero-order valence-corrected chi connectivity index (χ0v) is 16.7. The van der Waals surface area contributed by atoms with Crippen molar-refractivity contribution in [1.82, 2.24) is 4.57 Å². The van der Waals surface area contributed by atoms with Gasteiger partial charge in [-0.25, -0.2) is 4.58 Å². The lowest BCUT2D eigenvalue weighted by Crippen LogP contribution is -2.22. The van der Waals surface area contributed by atoms with E-state index in [0.29, 0.717) is 0 Å². The molecule has 2 nitrogen and oxygen atoms in total. The molecule has 0 unspecified atom stereocenters. The van der Waals surface area contributed by atoms with Crippen LogP contribution in [0.25, 0.3) is 11.3 Å². The number of nitrogens with zero attached hydrogens (tertiary/aromatic N) is 2. The summed E-state index contributed by atoms with van der Waals surface area (Å²) in [5.41, 5.74) is 7.77. The zero-order valence-electron chi connectivity index (χ0n) is 16.7. The summed E-state index contributed by atoms with van der Waals surface area (Å²) in [5.74, 6) is 0. The molecule has 0 aliphatic heterocycles. The second-order valence-electron chi connectivity index (χ2n) is 8.10. The first kappa shape index (κ1) is 18.2. The fraction of sp³-hybridized carbons (Fsp3) is 0.292. The Hall–Kier alpha value is -2.61. The molecule has 0 aliphatic rings. The fourth-order valence-electron chi connectivity index (χ4n) is 3.76. The van der Waals surface area contributed by atoms with Crippen LogP contribution in [0.2, 0.25) is 0 Å². The van der Waals surface area contributed by atoms with Crippen LogP contribution in [0.4, 0.5) is 0 Å². The Kier molecular flexibility index (Phi) is 4.86. The third-order valence-corrected chi connectivity index (χ3v) is 4.73. The Morgan fingerprint density at radius 1 is 0.846 bits per heavy atom. The second kappa shape index (κ2) is 6.95. The molecule has 3 rings (SSSR count). The topological polar surface area (TPSA) is 7.94 Å². The standard InChI is InChI=1S/C24H29N2/c1-24(2,3)21-20(22(25(4)5)18-13-9-7-10-14-18)17-26(6)23(21)19-15-11-8-12-16-19/h7-17H,1-6H3/q+1. The second-order valence-corrected chi connectivity index (χ2v) is 8.10. The van der Waals surface area contributed by atoms with E-state index >= 15 is 0 Å². The van der Waals surface area contributed by atoms with Crippen molar-refractivity contribution >= 4 is 5.71 Å². The molecule has 0 amide bonds. The van der Waals surface area contributed by atoms with Gasteiger partial charge in [0.05, 0.1) is 11.3 Å². The van der Waals surface area contributed by atoms with Crippen molar-refractivity contribution in [2.75, 3.05) is 14.1 Å². The third-order valence-electron chi connectivity index (χ3n) is 4.73. The molecule has 2 heteroatoms. The highest BCUT2D eigenvalue weighted by Gasteiger charge is 2.31. The van der Waals surface area contributed by atoms with Gasteiger partial charge in [-0.2, -0.15) is 0 Å². The Bertz CT molecular complexity index is 920. The molecule has 2 aromatic carbocycles. The van der Waals surface area contributed by atoms with Crippen molar-refractivity contribution in [3.8, 4) is 11.3 Å². The molecule has 1 aromatic heterocycles. The minimum atomic E-state index is 0.0256. The first-order valence-electron chi connectivity index (χ1n) is 9.16. The van der Waals surface area contributed by atoms with Crippen LogP contribution >= 0.6 is 0 Å². The van der Waals surface area contributed by atoms with Crippen molar-refractivity contribution < 1.29 is 4.58 Å². The third kappa shape index (κ3) is 3.37. The highest BCUT2D eigenvalue weighted by Crippen LogP contribution is 2.37. The summed E-state index contributed by atoms with van der Waals surface area (Å²) in [6.07, 6.45) is 2.28. The zero-order chi connectivity index (χ0) is 18.9. The van der Waals surface area contributed by atoms with Crippen LogP contribution in [0.15, 0.2) is 66.9 Å². The van der Waals surface area contributed by atoms with E-state index in [1.807, 2.05) is 0 Å². The summed E-state index contributed by atoms with van der Waals surface area (Å²) in [6.45, 7) is 6.91. The van der Waals surface area contributed by atoms with Gasteiger partial charge in [-0.3, -0.25) is 0 Å². The molecule has 0 atom stereocenters. The molecular weight excluding hydrogens is 316 g/mol. The van der Waals surface area contributed by atoms with Gasteiger partial charge in [0, 0.05) is 18.8 Å².